The van der Waals surface area contributed by atoms with Gasteiger partial charge in [0.25, 0.3) is 0 Å². The number of allylic oxidation sites excluding steroid dienone is 7. The molecule has 0 saturated heterocycles. The highest BCUT2D eigenvalue weighted by Gasteiger charge is 2.37. The van der Waals surface area contributed by atoms with Crippen molar-refractivity contribution in [3.63, 3.8) is 0 Å². The van der Waals surface area contributed by atoms with Crippen molar-refractivity contribution >= 4 is 5.69 Å². The van der Waals surface area contributed by atoms with E-state index < -0.39 is 0 Å². The molecule has 0 aromatic heterocycles. The quantitative estimate of drug-likeness (QED) is 0.832. The lowest BCUT2D eigenvalue weighted by atomic mass is 9.88. The van der Waals surface area contributed by atoms with Gasteiger partial charge in [0.1, 0.15) is 0 Å². The van der Waals surface area contributed by atoms with Crippen LogP contribution < -0.4 is 10.6 Å². The van der Waals surface area contributed by atoms with Crippen LogP contribution in [0.2, 0.25) is 0 Å². The minimum atomic E-state index is 0.437. The second-order valence-corrected chi connectivity index (χ2v) is 5.60. The van der Waals surface area contributed by atoms with Crippen LogP contribution in [0.15, 0.2) is 77.3 Å². The van der Waals surface area contributed by atoms with E-state index in [1.165, 1.54) is 22.7 Å². The average Bonchev–Trinajstić information content (AvgIpc) is 2.82. The number of nitrogens with two attached hydrogens (primary N) is 1. The number of nitrogens with zero attached hydrogens (tertiary/aromatic N) is 1. The maximum absolute atomic E-state index is 6.05. The molecule has 3 aliphatic rings. The number of anilines is 1. The third-order valence-corrected chi connectivity index (χ3v) is 4.36. The summed E-state index contributed by atoms with van der Waals surface area (Å²) in [6, 6.07) is 10.7. The van der Waals surface area contributed by atoms with Gasteiger partial charge < -0.3 is 10.6 Å². The van der Waals surface area contributed by atoms with E-state index >= 15 is 0 Å². The molecule has 2 nitrogen and oxygen atoms in total. The summed E-state index contributed by atoms with van der Waals surface area (Å²) in [5, 5.41) is 0. The summed E-state index contributed by atoms with van der Waals surface area (Å²) >= 11 is 0. The normalized spacial score (nSPS) is 24.2. The number of hydrogen-bond donors (Lipinski definition) is 1. The molecule has 1 aromatic carbocycles. The van der Waals surface area contributed by atoms with Crippen molar-refractivity contribution in [2.45, 2.75) is 19.3 Å². The minimum absolute atomic E-state index is 0.437. The van der Waals surface area contributed by atoms with Gasteiger partial charge in [0.15, 0.2) is 0 Å². The van der Waals surface area contributed by atoms with Crippen LogP contribution in [-0.4, -0.2) is 0 Å². The van der Waals surface area contributed by atoms with Crippen LogP contribution in [0.1, 0.15) is 19.3 Å². The van der Waals surface area contributed by atoms with Gasteiger partial charge in [0, 0.05) is 28.7 Å². The van der Waals surface area contributed by atoms with Gasteiger partial charge in [0.2, 0.25) is 0 Å². The van der Waals surface area contributed by atoms with E-state index in [9.17, 15) is 0 Å². The Morgan fingerprint density at radius 1 is 1.10 bits per heavy atom. The predicted octanol–water partition coefficient (Wildman–Crippen LogP) is 3.86. The van der Waals surface area contributed by atoms with E-state index in [1.807, 2.05) is 0 Å². The Morgan fingerprint density at radius 3 is 2.80 bits per heavy atom. The molecule has 0 fully saturated rings. The zero-order chi connectivity index (χ0) is 13.5. The Morgan fingerprint density at radius 2 is 1.95 bits per heavy atom. The lowest BCUT2D eigenvalue weighted by Gasteiger charge is -2.27. The van der Waals surface area contributed by atoms with Gasteiger partial charge in [-0.3, -0.25) is 0 Å². The molecule has 0 amide bonds. The van der Waals surface area contributed by atoms with Crippen molar-refractivity contribution in [1.82, 2.24) is 0 Å². The molecule has 1 atom stereocenters. The lowest BCUT2D eigenvalue weighted by molar-refractivity contribution is 0.712. The summed E-state index contributed by atoms with van der Waals surface area (Å²) in [6.07, 6.45) is 12.0. The highest BCUT2D eigenvalue weighted by molar-refractivity contribution is 5.67. The summed E-state index contributed by atoms with van der Waals surface area (Å²) in [7, 11) is 0. The number of hydrogen-bond acceptors (Lipinski definition) is 2. The first-order chi connectivity index (χ1) is 9.84. The SMILES string of the molecule is NC1=CC=C2C(C1)C1=C(CCC=C1)N2c1ccccc1. The summed E-state index contributed by atoms with van der Waals surface area (Å²) < 4.78 is 0. The molecule has 4 rings (SSSR count). The highest BCUT2D eigenvalue weighted by atomic mass is 15.2. The molecule has 2 N–H and O–H groups in total. The molecule has 0 saturated carbocycles. The van der Waals surface area contributed by atoms with Gasteiger partial charge >= 0.3 is 0 Å². The van der Waals surface area contributed by atoms with E-state index in [1.54, 1.807) is 0 Å². The maximum atomic E-state index is 6.05. The van der Waals surface area contributed by atoms with Crippen molar-refractivity contribution in [3.8, 4) is 0 Å². The molecular weight excluding hydrogens is 244 g/mol. The van der Waals surface area contributed by atoms with Crippen LogP contribution in [0.4, 0.5) is 5.69 Å². The fourth-order valence-electron chi connectivity index (χ4n) is 3.48. The van der Waals surface area contributed by atoms with E-state index in [4.69, 9.17) is 5.73 Å². The van der Waals surface area contributed by atoms with Crippen molar-refractivity contribution in [1.29, 1.82) is 0 Å². The van der Waals surface area contributed by atoms with Crippen molar-refractivity contribution in [2.75, 3.05) is 4.90 Å². The lowest BCUT2D eigenvalue weighted by Crippen LogP contribution is -2.21. The number of fused-ring (bicyclic) bond motifs is 2. The Bertz CT molecular complexity index is 662. The van der Waals surface area contributed by atoms with Crippen LogP contribution in [-0.2, 0) is 0 Å². The van der Waals surface area contributed by atoms with Crippen molar-refractivity contribution < 1.29 is 0 Å². The van der Waals surface area contributed by atoms with Crippen LogP contribution in [0.5, 0.6) is 0 Å². The maximum Gasteiger partial charge on any atom is 0.0455 e. The van der Waals surface area contributed by atoms with Gasteiger partial charge in [0.05, 0.1) is 0 Å². The molecule has 2 heteroatoms. The van der Waals surface area contributed by atoms with E-state index in [0.29, 0.717) is 5.92 Å². The first kappa shape index (κ1) is 11.6. The monoisotopic (exact) mass is 262 g/mol. The van der Waals surface area contributed by atoms with Gasteiger partial charge in [-0.15, -0.1) is 0 Å². The Balaban J connectivity index is 1.87. The van der Waals surface area contributed by atoms with Crippen LogP contribution in [0.3, 0.4) is 0 Å². The second-order valence-electron chi connectivity index (χ2n) is 5.60. The molecular formula is C18H18N2. The topological polar surface area (TPSA) is 29.3 Å². The summed E-state index contributed by atoms with van der Waals surface area (Å²) in [4.78, 5) is 2.44. The zero-order valence-electron chi connectivity index (χ0n) is 11.4. The number of para-hydroxylation sites is 1. The average molecular weight is 262 g/mol. The van der Waals surface area contributed by atoms with Crippen molar-refractivity contribution in [3.05, 3.63) is 77.3 Å². The number of rotatable bonds is 1. The first-order valence-corrected chi connectivity index (χ1v) is 7.25. The second kappa shape index (κ2) is 4.41. The number of benzene rings is 1. The molecule has 0 spiro atoms. The largest absolute Gasteiger partial charge is 0.402 e. The van der Waals surface area contributed by atoms with E-state index in [0.717, 1.165) is 25.0 Å². The standard InChI is InChI=1S/C18H18N2/c19-13-10-11-18-16(12-13)15-8-4-5-9-17(15)20(18)14-6-2-1-3-7-14/h1-4,6-8,10-11,16H,5,9,12,19H2. The van der Waals surface area contributed by atoms with E-state index in [2.05, 4.69) is 59.5 Å². The Hall–Kier alpha value is -2.22. The molecule has 0 bridgehead atoms. The molecule has 100 valence electrons. The molecule has 1 unspecified atom stereocenters. The Kier molecular flexibility index (Phi) is 2.56. The molecule has 2 aliphatic carbocycles. The molecule has 1 aromatic rings. The van der Waals surface area contributed by atoms with Gasteiger partial charge in [-0.25, -0.2) is 0 Å². The minimum Gasteiger partial charge on any atom is -0.402 e. The first-order valence-electron chi connectivity index (χ1n) is 7.25. The van der Waals surface area contributed by atoms with E-state index in [-0.39, 0.29) is 0 Å². The molecule has 1 heterocycles. The van der Waals surface area contributed by atoms with Crippen LogP contribution in [0, 0.1) is 5.92 Å². The molecule has 20 heavy (non-hydrogen) atoms. The van der Waals surface area contributed by atoms with Crippen LogP contribution in [0.25, 0.3) is 0 Å². The van der Waals surface area contributed by atoms with Gasteiger partial charge in [-0.1, -0.05) is 30.4 Å². The summed E-state index contributed by atoms with van der Waals surface area (Å²) in [5.41, 5.74) is 12.6. The third-order valence-electron chi connectivity index (χ3n) is 4.36. The van der Waals surface area contributed by atoms with Gasteiger partial charge in [-0.05, 0) is 49.1 Å². The van der Waals surface area contributed by atoms with Crippen LogP contribution >= 0.6 is 0 Å². The summed E-state index contributed by atoms with van der Waals surface area (Å²) in [5.74, 6) is 0.437. The fraction of sp³-hybridized carbons (Fsp3) is 0.222. The van der Waals surface area contributed by atoms with Crippen molar-refractivity contribution in [2.24, 2.45) is 11.7 Å². The Labute approximate surface area is 119 Å². The predicted molar refractivity (Wildman–Crippen MR) is 82.8 cm³/mol. The summed E-state index contributed by atoms with van der Waals surface area (Å²) in [6.45, 7) is 0. The fourth-order valence-corrected chi connectivity index (χ4v) is 3.48. The zero-order valence-corrected chi connectivity index (χ0v) is 11.4. The highest BCUT2D eigenvalue weighted by Crippen LogP contribution is 2.47. The smallest absolute Gasteiger partial charge is 0.0455 e. The molecule has 1 aliphatic heterocycles. The molecule has 0 radical (unpaired) electrons. The van der Waals surface area contributed by atoms with Gasteiger partial charge in [-0.2, -0.15) is 0 Å². The third kappa shape index (κ3) is 1.64.